The number of benzene rings is 3. The zero-order chi connectivity index (χ0) is 32.3. The molecule has 6 rings (SSSR count). The first kappa shape index (κ1) is 31.1. The molecule has 0 fully saturated rings. The van der Waals surface area contributed by atoms with Gasteiger partial charge in [0, 0.05) is 12.0 Å². The van der Waals surface area contributed by atoms with Crippen LogP contribution in [0.1, 0.15) is 55.5 Å². The summed E-state index contributed by atoms with van der Waals surface area (Å²) < 4.78 is 31.5. The monoisotopic (exact) mass is 637 g/mol. The topological polar surface area (TPSA) is 161 Å². The van der Waals surface area contributed by atoms with E-state index in [0.29, 0.717) is 37.7 Å². The van der Waals surface area contributed by atoms with Crippen LogP contribution in [-0.4, -0.2) is 45.0 Å². The Morgan fingerprint density at radius 2 is 1.46 bits per heavy atom. The van der Waals surface area contributed by atoms with E-state index in [-0.39, 0.29) is 40.6 Å². The minimum Gasteiger partial charge on any atom is -0.512 e. The molecule has 4 N–H and O–H groups in total. The van der Waals surface area contributed by atoms with Gasteiger partial charge in [-0.1, -0.05) is 97.9 Å². The Balaban J connectivity index is 1.36. The van der Waals surface area contributed by atoms with Gasteiger partial charge in [0.15, 0.2) is 16.5 Å². The van der Waals surface area contributed by atoms with Gasteiger partial charge in [0.1, 0.15) is 22.7 Å². The fourth-order valence-electron chi connectivity index (χ4n) is 6.10. The summed E-state index contributed by atoms with van der Waals surface area (Å²) in [5, 5.41) is 16.7. The molecule has 2 aromatic heterocycles. The number of hydrogen-bond acceptors (Lipinski definition) is 8. The molecular weight excluding hydrogens is 602 g/mol. The standard InChI is InChI=1S/C35H35N5O5S/c1-2-26(31-37-29-32(39-31)38-30(25-16-10-5-11-17-25)40-33(29)46(36,43)44)28-27(41)22-35(45-34(28)42,20-18-23-12-6-3-7-13-23)21-19-24-14-8-4-9-15-24/h3-17,26,41H,2,18-22H2,1H3,(H2,36,43,44)(H,37,38,39,40). The summed E-state index contributed by atoms with van der Waals surface area (Å²) >= 11 is 0. The molecule has 0 saturated heterocycles. The zero-order valence-corrected chi connectivity index (χ0v) is 26.2. The maximum atomic E-state index is 13.9. The Hall–Kier alpha value is -4.87. The summed E-state index contributed by atoms with van der Waals surface area (Å²) in [4.78, 5) is 30.2. The Bertz CT molecular complexity index is 1950. The van der Waals surface area contributed by atoms with E-state index in [9.17, 15) is 18.3 Å². The second-order valence-electron chi connectivity index (χ2n) is 11.6. The summed E-state index contributed by atoms with van der Waals surface area (Å²) in [5.74, 6) is -1.02. The van der Waals surface area contributed by atoms with Crippen molar-refractivity contribution in [1.29, 1.82) is 0 Å². The second-order valence-corrected chi connectivity index (χ2v) is 13.1. The molecule has 1 unspecified atom stereocenters. The van der Waals surface area contributed by atoms with E-state index < -0.39 is 32.5 Å². The van der Waals surface area contributed by atoms with Crippen LogP contribution in [0.2, 0.25) is 0 Å². The first-order valence-electron chi connectivity index (χ1n) is 15.2. The van der Waals surface area contributed by atoms with Crippen LogP contribution in [0, 0.1) is 0 Å². The van der Waals surface area contributed by atoms with Crippen LogP contribution < -0.4 is 5.14 Å². The van der Waals surface area contributed by atoms with Gasteiger partial charge in [-0.25, -0.2) is 33.3 Å². The average molecular weight is 638 g/mol. The van der Waals surface area contributed by atoms with Crippen molar-refractivity contribution >= 4 is 27.2 Å². The molecule has 0 aliphatic carbocycles. The van der Waals surface area contributed by atoms with Crippen LogP contribution in [0.3, 0.4) is 0 Å². The predicted molar refractivity (Wildman–Crippen MR) is 174 cm³/mol. The zero-order valence-electron chi connectivity index (χ0n) is 25.4. The van der Waals surface area contributed by atoms with E-state index >= 15 is 0 Å². The Morgan fingerprint density at radius 1 is 0.891 bits per heavy atom. The Morgan fingerprint density at radius 3 is 1.98 bits per heavy atom. The molecule has 3 aromatic carbocycles. The van der Waals surface area contributed by atoms with Crippen molar-refractivity contribution in [3.8, 4) is 11.4 Å². The summed E-state index contributed by atoms with van der Waals surface area (Å²) in [6.07, 6.45) is 2.91. The van der Waals surface area contributed by atoms with Gasteiger partial charge in [0.25, 0.3) is 10.0 Å². The van der Waals surface area contributed by atoms with Crippen molar-refractivity contribution in [2.75, 3.05) is 0 Å². The number of nitrogens with one attached hydrogen (secondary N) is 1. The van der Waals surface area contributed by atoms with E-state index in [1.807, 2.05) is 73.7 Å². The van der Waals surface area contributed by atoms with Gasteiger partial charge >= 0.3 is 5.97 Å². The summed E-state index contributed by atoms with van der Waals surface area (Å²) in [5.41, 5.74) is 2.09. The van der Waals surface area contributed by atoms with Crippen LogP contribution >= 0.6 is 0 Å². The summed E-state index contributed by atoms with van der Waals surface area (Å²) in [6, 6.07) is 28.8. The third kappa shape index (κ3) is 6.56. The van der Waals surface area contributed by atoms with Gasteiger partial charge in [-0.15, -0.1) is 0 Å². The second kappa shape index (κ2) is 12.9. The normalized spacial score (nSPS) is 15.6. The number of carbonyl (C=O) groups excluding carboxylic acids is 1. The van der Waals surface area contributed by atoms with Gasteiger partial charge in [-0.05, 0) is 43.2 Å². The number of aliphatic hydroxyl groups is 1. The van der Waals surface area contributed by atoms with E-state index in [0.717, 1.165) is 11.1 Å². The number of sulfonamides is 1. The molecule has 0 radical (unpaired) electrons. The molecule has 10 nitrogen and oxygen atoms in total. The number of rotatable bonds is 11. The number of ether oxygens (including phenoxy) is 1. The predicted octanol–water partition coefficient (Wildman–Crippen LogP) is 5.92. The van der Waals surface area contributed by atoms with Crippen LogP contribution in [0.5, 0.6) is 0 Å². The number of fused-ring (bicyclic) bond motifs is 1. The van der Waals surface area contributed by atoms with Gasteiger partial charge in [-0.2, -0.15) is 0 Å². The number of hydrogen-bond donors (Lipinski definition) is 3. The number of aryl methyl sites for hydroxylation is 2. The van der Waals surface area contributed by atoms with Gasteiger partial charge in [0.05, 0.1) is 11.5 Å². The van der Waals surface area contributed by atoms with Crippen molar-refractivity contribution in [1.82, 2.24) is 19.9 Å². The highest BCUT2D eigenvalue weighted by atomic mass is 32.2. The highest BCUT2D eigenvalue weighted by Crippen LogP contribution is 2.42. The molecule has 236 valence electrons. The van der Waals surface area contributed by atoms with Crippen LogP contribution in [-0.2, 0) is 32.4 Å². The minimum absolute atomic E-state index is 0.0277. The summed E-state index contributed by atoms with van der Waals surface area (Å²) in [7, 11) is -4.27. The quantitative estimate of drug-likeness (QED) is 0.119. The molecule has 0 bridgehead atoms. The molecule has 1 aliphatic rings. The average Bonchev–Trinajstić information content (AvgIpc) is 3.49. The number of esters is 1. The highest BCUT2D eigenvalue weighted by Gasteiger charge is 2.44. The number of aromatic nitrogens is 4. The smallest absolute Gasteiger partial charge is 0.338 e. The third-order valence-electron chi connectivity index (χ3n) is 8.48. The number of carbonyl (C=O) groups is 1. The Labute approximate surface area is 267 Å². The fourth-order valence-corrected chi connectivity index (χ4v) is 6.74. The molecule has 46 heavy (non-hydrogen) atoms. The number of nitrogens with zero attached hydrogens (tertiary/aromatic N) is 3. The van der Waals surface area contributed by atoms with Gasteiger partial charge in [0.2, 0.25) is 0 Å². The van der Waals surface area contributed by atoms with Crippen molar-refractivity contribution in [3.05, 3.63) is 119 Å². The molecule has 11 heteroatoms. The van der Waals surface area contributed by atoms with Gasteiger partial charge < -0.3 is 14.8 Å². The fraction of sp³-hybridized carbons (Fsp3) is 0.257. The Kier molecular flexibility index (Phi) is 8.70. The first-order chi connectivity index (χ1) is 22.2. The number of primary sulfonamides is 1. The molecular formula is C35H35N5O5S. The lowest BCUT2D eigenvalue weighted by molar-refractivity contribution is -0.161. The molecule has 5 aromatic rings. The number of nitrogens with two attached hydrogens (primary N) is 1. The molecule has 3 heterocycles. The van der Waals surface area contributed by atoms with E-state index in [4.69, 9.17) is 9.88 Å². The lowest BCUT2D eigenvalue weighted by atomic mass is 9.80. The van der Waals surface area contributed by atoms with Crippen molar-refractivity contribution < 1.29 is 23.1 Å². The minimum atomic E-state index is -4.27. The highest BCUT2D eigenvalue weighted by molar-refractivity contribution is 7.89. The van der Waals surface area contributed by atoms with Crippen LogP contribution in [0.4, 0.5) is 0 Å². The SMILES string of the molecule is CCC(C1=C(O)CC(CCc2ccccc2)(CCc2ccccc2)OC1=O)c1nc2nc(-c3ccccc3)nc(S(N)(=O)=O)c2[nH]1. The lowest BCUT2D eigenvalue weighted by Gasteiger charge is -2.38. The maximum absolute atomic E-state index is 13.9. The first-order valence-corrected chi connectivity index (χ1v) is 16.8. The molecule has 0 saturated carbocycles. The largest absolute Gasteiger partial charge is 0.512 e. The van der Waals surface area contributed by atoms with Crippen LogP contribution in [0.25, 0.3) is 22.6 Å². The lowest BCUT2D eigenvalue weighted by Crippen LogP contribution is -2.42. The molecule has 0 amide bonds. The molecule has 0 spiro atoms. The van der Waals surface area contributed by atoms with Crippen LogP contribution in [0.15, 0.2) is 107 Å². The van der Waals surface area contributed by atoms with E-state index in [1.54, 1.807) is 24.3 Å². The molecule has 1 atom stereocenters. The number of imidazole rings is 1. The molecule has 1 aliphatic heterocycles. The number of cyclic esters (lactones) is 1. The van der Waals surface area contributed by atoms with Crippen molar-refractivity contribution in [3.63, 3.8) is 0 Å². The van der Waals surface area contributed by atoms with Crippen molar-refractivity contribution in [2.45, 2.75) is 62.0 Å². The van der Waals surface area contributed by atoms with Gasteiger partial charge in [-0.3, -0.25) is 0 Å². The third-order valence-corrected chi connectivity index (χ3v) is 9.31. The van der Waals surface area contributed by atoms with E-state index in [2.05, 4.69) is 19.9 Å². The number of aliphatic hydroxyl groups excluding tert-OH is 1. The van der Waals surface area contributed by atoms with E-state index in [1.165, 1.54) is 0 Å². The summed E-state index contributed by atoms with van der Waals surface area (Å²) in [6.45, 7) is 1.85. The number of aromatic amines is 1. The van der Waals surface area contributed by atoms with Crippen molar-refractivity contribution in [2.24, 2.45) is 5.14 Å². The number of H-pyrrole nitrogens is 1. The maximum Gasteiger partial charge on any atom is 0.338 e.